The van der Waals surface area contributed by atoms with Gasteiger partial charge in [0, 0.05) is 0 Å². The first-order valence-electron chi connectivity index (χ1n) is 12.3. The summed E-state index contributed by atoms with van der Waals surface area (Å²) in [7, 11) is 0. The zero-order valence-corrected chi connectivity index (χ0v) is 22.7. The number of hydrogen-bond acceptors (Lipinski definition) is 3. The predicted octanol–water partition coefficient (Wildman–Crippen LogP) is 7.27. The molecule has 1 heterocycles. The number of nitrogens with zero attached hydrogens (tertiary/aromatic N) is 1. The predicted molar refractivity (Wildman–Crippen MR) is 145 cm³/mol. The van der Waals surface area contributed by atoms with Crippen LogP contribution in [0.15, 0.2) is 78.9 Å². The van der Waals surface area contributed by atoms with Crippen LogP contribution in [0.3, 0.4) is 0 Å². The third-order valence-corrected chi connectivity index (χ3v) is 11.9. The number of fused-ring (bicyclic) bond motifs is 1. The number of hydrogen-bond donors (Lipinski definition) is 0. The van der Waals surface area contributed by atoms with Gasteiger partial charge in [-0.1, -0.05) is 24.3 Å². The van der Waals surface area contributed by atoms with Gasteiger partial charge in [0.1, 0.15) is 0 Å². The van der Waals surface area contributed by atoms with E-state index in [0.29, 0.717) is 12.1 Å². The van der Waals surface area contributed by atoms with Gasteiger partial charge in [-0.3, -0.25) is 0 Å². The second kappa shape index (κ2) is 12.1. The molecule has 0 aliphatic heterocycles. The van der Waals surface area contributed by atoms with E-state index >= 15 is 0 Å². The Kier molecular flexibility index (Phi) is 8.71. The van der Waals surface area contributed by atoms with Crippen LogP contribution in [-0.4, -0.2) is 31.8 Å². The summed E-state index contributed by atoms with van der Waals surface area (Å²) >= 11 is -0.764. The molecule has 4 rings (SSSR count). The van der Waals surface area contributed by atoms with Gasteiger partial charge in [0.15, 0.2) is 0 Å². The number of ether oxygens (including phenoxy) is 2. The van der Waals surface area contributed by atoms with Gasteiger partial charge in [-0.2, -0.15) is 0 Å². The van der Waals surface area contributed by atoms with E-state index in [0.717, 1.165) is 34.5 Å². The van der Waals surface area contributed by atoms with Crippen LogP contribution >= 0.6 is 0 Å². The van der Waals surface area contributed by atoms with Gasteiger partial charge in [-0.15, -0.1) is 0 Å². The van der Waals surface area contributed by atoms with E-state index in [9.17, 15) is 4.79 Å². The molecule has 0 unspecified atom stereocenters. The van der Waals surface area contributed by atoms with Crippen molar-refractivity contribution in [1.82, 2.24) is 4.57 Å². The first-order valence-corrected chi connectivity index (χ1v) is 16.3. The van der Waals surface area contributed by atoms with E-state index < -0.39 is 14.7 Å². The van der Waals surface area contributed by atoms with E-state index in [4.69, 9.17) is 9.47 Å². The number of benzene rings is 3. The number of carbonyl (C=O) groups is 1. The van der Waals surface area contributed by atoms with Crippen molar-refractivity contribution in [2.45, 2.75) is 49.5 Å². The summed E-state index contributed by atoms with van der Waals surface area (Å²) in [5.74, 6) is 0.512. The van der Waals surface area contributed by atoms with Crippen LogP contribution in [0.25, 0.3) is 10.9 Å². The molecule has 5 heteroatoms. The molecule has 1 aromatic heterocycles. The van der Waals surface area contributed by atoms with Crippen LogP contribution in [-0.2, 0) is 17.9 Å². The Morgan fingerprint density at radius 2 is 1.54 bits per heavy atom. The molecule has 0 aliphatic carbocycles. The number of rotatable bonds is 11. The molecular formula is C30H34AsNO3. The van der Waals surface area contributed by atoms with E-state index in [1.165, 1.54) is 21.2 Å². The maximum absolute atomic E-state index is 13.3. The van der Waals surface area contributed by atoms with E-state index in [2.05, 4.69) is 36.6 Å². The summed E-state index contributed by atoms with van der Waals surface area (Å²) in [5.41, 5.74) is 4.70. The van der Waals surface area contributed by atoms with Gasteiger partial charge >= 0.3 is 189 Å². The Morgan fingerprint density at radius 3 is 2.20 bits per heavy atom. The van der Waals surface area contributed by atoms with Gasteiger partial charge < -0.3 is 0 Å². The van der Waals surface area contributed by atoms with Crippen molar-refractivity contribution >= 4 is 31.5 Å². The quantitative estimate of drug-likeness (QED) is 0.151. The van der Waals surface area contributed by atoms with E-state index in [1.54, 1.807) is 0 Å². The molecule has 3 aromatic carbocycles. The monoisotopic (exact) mass is 531 g/mol. The minimum atomic E-state index is -0.764. The molecule has 0 saturated heterocycles. The van der Waals surface area contributed by atoms with Crippen LogP contribution < -0.4 is 4.74 Å². The molecule has 0 radical (unpaired) electrons. The van der Waals surface area contributed by atoms with Gasteiger partial charge in [0.2, 0.25) is 0 Å². The van der Waals surface area contributed by atoms with Gasteiger partial charge in [0.25, 0.3) is 0 Å². The van der Waals surface area contributed by atoms with E-state index in [-0.39, 0.29) is 12.6 Å². The standard InChI is InChI=1S/C30H34AsNO3/c1-4-31(5-2)18-19-34-26-16-17-28-27(20-26)29(30(33)35-22-25-14-10-7-11-15-25)23(3)32(28)21-24-12-8-6-9-13-24/h6-17,20H,4-5,18-19,21-22H2,1-3H3. The van der Waals surface area contributed by atoms with Crippen LogP contribution in [0, 0.1) is 6.92 Å². The van der Waals surface area contributed by atoms with Gasteiger partial charge in [-0.25, -0.2) is 0 Å². The van der Waals surface area contributed by atoms with Crippen LogP contribution in [0.5, 0.6) is 5.75 Å². The second-order valence-corrected chi connectivity index (χ2v) is 15.1. The van der Waals surface area contributed by atoms with Crippen molar-refractivity contribution in [3.63, 3.8) is 0 Å². The molecule has 0 bridgehead atoms. The Morgan fingerprint density at radius 1 is 0.886 bits per heavy atom. The summed E-state index contributed by atoms with van der Waals surface area (Å²) in [6.07, 6.45) is 0. The number of aromatic nitrogens is 1. The molecule has 182 valence electrons. The summed E-state index contributed by atoms with van der Waals surface area (Å²) in [5, 5.41) is 4.68. The molecule has 0 N–H and O–H groups in total. The van der Waals surface area contributed by atoms with Gasteiger partial charge in [-0.05, 0) is 0 Å². The van der Waals surface area contributed by atoms with Crippen molar-refractivity contribution in [3.05, 3.63) is 101 Å². The molecule has 0 fully saturated rings. The fourth-order valence-electron chi connectivity index (χ4n) is 4.41. The zero-order chi connectivity index (χ0) is 24.6. The van der Waals surface area contributed by atoms with Crippen molar-refractivity contribution < 1.29 is 14.3 Å². The second-order valence-electron chi connectivity index (χ2n) is 8.65. The van der Waals surface area contributed by atoms with Crippen LogP contribution in [0.1, 0.15) is 41.0 Å². The molecular weight excluding hydrogens is 497 g/mol. The average Bonchev–Trinajstić information content (AvgIpc) is 3.17. The Hall–Kier alpha value is -2.97. The first-order chi connectivity index (χ1) is 17.1. The SMILES string of the molecule is CC[As](CC)CCOc1ccc2c(c1)c(C(=O)OCc1ccccc1)c(C)n2Cc1ccccc1. The third-order valence-electron chi connectivity index (χ3n) is 6.47. The molecule has 0 amide bonds. The minimum absolute atomic E-state index is 0.251. The normalized spacial score (nSPS) is 11.2. The van der Waals surface area contributed by atoms with Crippen LogP contribution in [0.2, 0.25) is 15.6 Å². The molecule has 4 nitrogen and oxygen atoms in total. The molecule has 0 aliphatic rings. The summed E-state index contributed by atoms with van der Waals surface area (Å²) in [4.78, 5) is 13.3. The van der Waals surface area contributed by atoms with Crippen molar-refractivity contribution in [2.24, 2.45) is 0 Å². The Bertz CT molecular complexity index is 1250. The molecule has 4 aromatic rings. The van der Waals surface area contributed by atoms with Gasteiger partial charge in [0.05, 0.1) is 0 Å². The Balaban J connectivity index is 1.64. The topological polar surface area (TPSA) is 40.5 Å². The average molecular weight is 532 g/mol. The van der Waals surface area contributed by atoms with Crippen LogP contribution in [0.4, 0.5) is 0 Å². The fourth-order valence-corrected chi connectivity index (χ4v) is 7.40. The maximum atomic E-state index is 13.3. The third kappa shape index (κ3) is 6.18. The molecule has 0 saturated carbocycles. The van der Waals surface area contributed by atoms with Crippen molar-refractivity contribution in [2.75, 3.05) is 6.61 Å². The molecule has 0 spiro atoms. The van der Waals surface area contributed by atoms with Crippen molar-refractivity contribution in [3.8, 4) is 5.75 Å². The van der Waals surface area contributed by atoms with E-state index in [1.807, 2.05) is 67.6 Å². The fraction of sp³-hybridized carbons (Fsp3) is 0.300. The number of esters is 1. The van der Waals surface area contributed by atoms with Crippen molar-refractivity contribution in [1.29, 1.82) is 0 Å². The molecule has 35 heavy (non-hydrogen) atoms. The number of carbonyl (C=O) groups excluding carboxylic acids is 1. The summed E-state index contributed by atoms with van der Waals surface area (Å²) in [6.45, 7) is 8.27. The Labute approximate surface area is 213 Å². The zero-order valence-electron chi connectivity index (χ0n) is 20.9. The first kappa shape index (κ1) is 25.1. The summed E-state index contributed by atoms with van der Waals surface area (Å²) < 4.78 is 14.1. The molecule has 0 atom stereocenters. The summed E-state index contributed by atoms with van der Waals surface area (Å²) in [6, 6.07) is 26.2.